The van der Waals surface area contributed by atoms with Gasteiger partial charge in [-0.2, -0.15) is 0 Å². The maximum absolute atomic E-state index is 12.4. The van der Waals surface area contributed by atoms with Crippen LogP contribution in [0.25, 0.3) is 0 Å². The van der Waals surface area contributed by atoms with E-state index in [9.17, 15) is 9.59 Å². The van der Waals surface area contributed by atoms with E-state index in [1.165, 1.54) is 6.92 Å². The van der Waals surface area contributed by atoms with E-state index in [1.807, 2.05) is 79.7 Å². The van der Waals surface area contributed by atoms with Crippen LogP contribution in [0.3, 0.4) is 0 Å². The van der Waals surface area contributed by atoms with Gasteiger partial charge in [0, 0.05) is 25.6 Å². The number of aryl methyl sites for hydroxylation is 1. The normalized spacial score (nSPS) is 10.3. The first-order valence-electron chi connectivity index (χ1n) is 9.49. The van der Waals surface area contributed by atoms with E-state index in [1.54, 1.807) is 11.0 Å². The summed E-state index contributed by atoms with van der Waals surface area (Å²) in [6.07, 6.45) is 0. The molecule has 0 aliphatic carbocycles. The standard InChI is InChI=1S/C24H24N2O3/c1-18-9-8-10-20(17-18)24(28)25-15-16-26(19(2)27)22-13-6-7-14-23(22)29-21-11-4-3-5-12-21/h3-14,17H,15-16H2,1-2H3,(H,25,28). The molecule has 5 nitrogen and oxygen atoms in total. The summed E-state index contributed by atoms with van der Waals surface area (Å²) in [5, 5.41) is 2.88. The number of hydrogen-bond acceptors (Lipinski definition) is 3. The highest BCUT2D eigenvalue weighted by molar-refractivity contribution is 5.95. The Balaban J connectivity index is 1.70. The first-order chi connectivity index (χ1) is 14.0. The van der Waals surface area contributed by atoms with Crippen molar-refractivity contribution < 1.29 is 14.3 Å². The third-order valence-corrected chi connectivity index (χ3v) is 4.41. The third kappa shape index (κ3) is 5.45. The number of hydrogen-bond donors (Lipinski definition) is 1. The SMILES string of the molecule is CC(=O)N(CCNC(=O)c1cccc(C)c1)c1ccccc1Oc1ccccc1. The zero-order valence-corrected chi connectivity index (χ0v) is 16.6. The largest absolute Gasteiger partial charge is 0.455 e. The number of amides is 2. The highest BCUT2D eigenvalue weighted by Gasteiger charge is 2.17. The van der Waals surface area contributed by atoms with E-state index < -0.39 is 0 Å². The molecule has 0 bridgehead atoms. The van der Waals surface area contributed by atoms with Gasteiger partial charge in [0.2, 0.25) is 5.91 Å². The van der Waals surface area contributed by atoms with Gasteiger partial charge in [0.05, 0.1) is 5.69 Å². The minimum Gasteiger partial charge on any atom is -0.455 e. The molecule has 0 fully saturated rings. The van der Waals surface area contributed by atoms with Gasteiger partial charge in [0.25, 0.3) is 5.91 Å². The fourth-order valence-corrected chi connectivity index (χ4v) is 3.00. The monoisotopic (exact) mass is 388 g/mol. The zero-order valence-electron chi connectivity index (χ0n) is 16.6. The second-order valence-corrected chi connectivity index (χ2v) is 6.68. The lowest BCUT2D eigenvalue weighted by Gasteiger charge is -2.24. The summed E-state index contributed by atoms with van der Waals surface area (Å²) in [6, 6.07) is 24.2. The molecule has 3 aromatic carbocycles. The van der Waals surface area contributed by atoms with Gasteiger partial charge >= 0.3 is 0 Å². The fourth-order valence-electron chi connectivity index (χ4n) is 3.00. The Morgan fingerprint density at radius 3 is 2.38 bits per heavy atom. The lowest BCUT2D eigenvalue weighted by atomic mass is 10.1. The van der Waals surface area contributed by atoms with Crippen molar-refractivity contribution in [2.75, 3.05) is 18.0 Å². The van der Waals surface area contributed by atoms with Crippen LogP contribution in [0.1, 0.15) is 22.8 Å². The number of nitrogens with zero attached hydrogens (tertiary/aromatic N) is 1. The summed E-state index contributed by atoms with van der Waals surface area (Å²) < 4.78 is 5.97. The molecule has 3 aromatic rings. The number of carbonyl (C=O) groups is 2. The summed E-state index contributed by atoms with van der Waals surface area (Å²) >= 11 is 0. The van der Waals surface area contributed by atoms with Crippen molar-refractivity contribution in [3.63, 3.8) is 0 Å². The molecule has 0 aromatic heterocycles. The fraction of sp³-hybridized carbons (Fsp3) is 0.167. The molecule has 0 saturated heterocycles. The number of nitrogens with one attached hydrogen (secondary N) is 1. The molecule has 5 heteroatoms. The van der Waals surface area contributed by atoms with Crippen LogP contribution >= 0.6 is 0 Å². The van der Waals surface area contributed by atoms with Crippen molar-refractivity contribution in [1.29, 1.82) is 0 Å². The first-order valence-corrected chi connectivity index (χ1v) is 9.49. The van der Waals surface area contributed by atoms with Crippen molar-refractivity contribution in [1.82, 2.24) is 5.32 Å². The molecule has 148 valence electrons. The van der Waals surface area contributed by atoms with Gasteiger partial charge in [-0.15, -0.1) is 0 Å². The van der Waals surface area contributed by atoms with E-state index in [-0.39, 0.29) is 11.8 Å². The summed E-state index contributed by atoms with van der Waals surface area (Å²) in [4.78, 5) is 26.3. The molecule has 0 aliphatic heterocycles. The van der Waals surface area contributed by atoms with Crippen molar-refractivity contribution in [3.05, 3.63) is 90.0 Å². The van der Waals surface area contributed by atoms with Crippen LogP contribution in [-0.2, 0) is 4.79 Å². The highest BCUT2D eigenvalue weighted by atomic mass is 16.5. The van der Waals surface area contributed by atoms with Crippen LogP contribution in [0.15, 0.2) is 78.9 Å². The molecule has 0 saturated carbocycles. The Labute approximate surface area is 170 Å². The predicted octanol–water partition coefficient (Wildman–Crippen LogP) is 4.57. The molecule has 0 unspecified atom stereocenters. The molecule has 0 aliphatic rings. The predicted molar refractivity (Wildman–Crippen MR) is 114 cm³/mol. The van der Waals surface area contributed by atoms with Gasteiger partial charge in [-0.3, -0.25) is 9.59 Å². The number of anilines is 1. The highest BCUT2D eigenvalue weighted by Crippen LogP contribution is 2.32. The molecular formula is C24H24N2O3. The maximum Gasteiger partial charge on any atom is 0.251 e. The van der Waals surface area contributed by atoms with Gasteiger partial charge in [0.1, 0.15) is 5.75 Å². The van der Waals surface area contributed by atoms with Gasteiger partial charge in [0.15, 0.2) is 5.75 Å². The molecule has 2 amide bonds. The molecule has 3 rings (SSSR count). The Morgan fingerprint density at radius 1 is 0.931 bits per heavy atom. The van der Waals surface area contributed by atoms with Crippen LogP contribution in [0.2, 0.25) is 0 Å². The summed E-state index contributed by atoms with van der Waals surface area (Å²) in [7, 11) is 0. The quantitative estimate of drug-likeness (QED) is 0.645. The summed E-state index contributed by atoms with van der Waals surface area (Å²) in [5.74, 6) is 0.986. The van der Waals surface area contributed by atoms with Crippen molar-refractivity contribution in [2.24, 2.45) is 0 Å². The van der Waals surface area contributed by atoms with Crippen LogP contribution in [0.4, 0.5) is 5.69 Å². The molecule has 0 spiro atoms. The number of rotatable bonds is 7. The molecule has 0 atom stereocenters. The Bertz CT molecular complexity index is 986. The van der Waals surface area contributed by atoms with Crippen LogP contribution in [0, 0.1) is 6.92 Å². The van der Waals surface area contributed by atoms with Crippen molar-refractivity contribution in [2.45, 2.75) is 13.8 Å². The average Bonchev–Trinajstić information content (AvgIpc) is 2.72. The Hall–Kier alpha value is -3.60. The minimum atomic E-state index is -0.161. The molecule has 0 heterocycles. The van der Waals surface area contributed by atoms with Crippen molar-refractivity contribution in [3.8, 4) is 11.5 Å². The van der Waals surface area contributed by atoms with Gasteiger partial charge < -0.3 is 15.0 Å². The van der Waals surface area contributed by atoms with Crippen molar-refractivity contribution >= 4 is 17.5 Å². The smallest absolute Gasteiger partial charge is 0.251 e. The minimum absolute atomic E-state index is 0.126. The van der Waals surface area contributed by atoms with Gasteiger partial charge in [-0.25, -0.2) is 0 Å². The average molecular weight is 388 g/mol. The van der Waals surface area contributed by atoms with E-state index in [0.29, 0.717) is 35.8 Å². The number of para-hydroxylation sites is 3. The third-order valence-electron chi connectivity index (χ3n) is 4.41. The van der Waals surface area contributed by atoms with Crippen LogP contribution < -0.4 is 15.0 Å². The molecule has 29 heavy (non-hydrogen) atoms. The van der Waals surface area contributed by atoms with Gasteiger partial charge in [-0.05, 0) is 43.3 Å². The summed E-state index contributed by atoms with van der Waals surface area (Å²) in [6.45, 7) is 4.10. The van der Waals surface area contributed by atoms with E-state index in [4.69, 9.17) is 4.74 Å². The van der Waals surface area contributed by atoms with Crippen LogP contribution in [-0.4, -0.2) is 24.9 Å². The Kier molecular flexibility index (Phi) is 6.63. The number of carbonyl (C=O) groups excluding carboxylic acids is 2. The topological polar surface area (TPSA) is 58.6 Å². The van der Waals surface area contributed by atoms with Crippen LogP contribution in [0.5, 0.6) is 11.5 Å². The van der Waals surface area contributed by atoms with E-state index in [0.717, 1.165) is 5.56 Å². The second-order valence-electron chi connectivity index (χ2n) is 6.68. The molecule has 1 N–H and O–H groups in total. The Morgan fingerprint density at radius 2 is 1.66 bits per heavy atom. The summed E-state index contributed by atoms with van der Waals surface area (Å²) in [5.41, 5.74) is 2.29. The molecule has 0 radical (unpaired) electrons. The maximum atomic E-state index is 12.4. The first kappa shape index (κ1) is 20.1. The van der Waals surface area contributed by atoms with E-state index >= 15 is 0 Å². The van der Waals surface area contributed by atoms with Gasteiger partial charge in [-0.1, -0.05) is 48.0 Å². The number of ether oxygens (including phenoxy) is 1. The second kappa shape index (κ2) is 9.55. The lowest BCUT2D eigenvalue weighted by molar-refractivity contribution is -0.116. The zero-order chi connectivity index (χ0) is 20.6. The number of benzene rings is 3. The molecular weight excluding hydrogens is 364 g/mol. The van der Waals surface area contributed by atoms with E-state index in [2.05, 4.69) is 5.32 Å². The lowest BCUT2D eigenvalue weighted by Crippen LogP contribution is -2.37.